The van der Waals surface area contributed by atoms with Gasteiger partial charge in [0.15, 0.2) is 0 Å². The zero-order valence-corrected chi connectivity index (χ0v) is 18.5. The van der Waals surface area contributed by atoms with Crippen LogP contribution in [0.4, 0.5) is 9.59 Å². The van der Waals surface area contributed by atoms with Crippen LogP contribution in [-0.2, 0) is 20.9 Å². The summed E-state index contributed by atoms with van der Waals surface area (Å²) in [6, 6.07) is 8.99. The summed E-state index contributed by atoms with van der Waals surface area (Å²) in [5, 5.41) is 7.94. The van der Waals surface area contributed by atoms with Gasteiger partial charge in [0.2, 0.25) is 11.8 Å². The maximum atomic E-state index is 12.7. The lowest BCUT2D eigenvalue weighted by atomic mass is 9.81. The molecule has 0 bridgehead atoms. The molecule has 0 saturated carbocycles. The van der Waals surface area contributed by atoms with Gasteiger partial charge in [0.1, 0.15) is 6.61 Å². The van der Waals surface area contributed by atoms with E-state index in [0.29, 0.717) is 38.9 Å². The van der Waals surface area contributed by atoms with Crippen molar-refractivity contribution in [2.45, 2.75) is 57.6 Å². The smallest absolute Gasteiger partial charge is 0.407 e. The van der Waals surface area contributed by atoms with Crippen molar-refractivity contribution in [1.29, 1.82) is 0 Å². The average molecular weight is 445 g/mol. The van der Waals surface area contributed by atoms with Crippen molar-refractivity contribution in [3.8, 4) is 0 Å². The van der Waals surface area contributed by atoms with Crippen molar-refractivity contribution in [2.24, 2.45) is 5.92 Å². The number of hydrogen-bond acceptors (Lipinski definition) is 5. The maximum Gasteiger partial charge on any atom is 0.407 e. The number of urea groups is 1. The Morgan fingerprint density at radius 3 is 2.72 bits per heavy atom. The van der Waals surface area contributed by atoms with E-state index in [2.05, 4.69) is 16.0 Å². The number of hydrogen-bond donors (Lipinski definition) is 3. The van der Waals surface area contributed by atoms with Crippen LogP contribution >= 0.6 is 0 Å². The number of alkyl carbamates (subject to hydrolysis) is 1. The van der Waals surface area contributed by atoms with Crippen LogP contribution in [0.1, 0.15) is 51.0 Å². The van der Waals surface area contributed by atoms with Gasteiger partial charge in [0.25, 0.3) is 0 Å². The number of nitrogens with zero attached hydrogens (tertiary/aromatic N) is 1. The van der Waals surface area contributed by atoms with Gasteiger partial charge in [-0.25, -0.2) is 9.59 Å². The van der Waals surface area contributed by atoms with Gasteiger partial charge in [0, 0.05) is 26.1 Å². The van der Waals surface area contributed by atoms with Gasteiger partial charge in [-0.1, -0.05) is 50.1 Å². The summed E-state index contributed by atoms with van der Waals surface area (Å²) < 4.78 is 5.16. The Balaban J connectivity index is 1.32. The van der Waals surface area contributed by atoms with Crippen molar-refractivity contribution >= 4 is 23.9 Å². The van der Waals surface area contributed by atoms with Gasteiger partial charge in [-0.15, -0.1) is 0 Å². The highest BCUT2D eigenvalue weighted by Crippen LogP contribution is 2.34. The Bertz CT molecular complexity index is 831. The first-order chi connectivity index (χ1) is 15.4. The van der Waals surface area contributed by atoms with E-state index in [1.807, 2.05) is 37.3 Å². The molecule has 2 atom stereocenters. The second-order valence-electron chi connectivity index (χ2n) is 8.48. The Kier molecular flexibility index (Phi) is 8.08. The number of fused-ring (bicyclic) bond motifs is 1. The first kappa shape index (κ1) is 23.6. The summed E-state index contributed by atoms with van der Waals surface area (Å²) in [6.45, 7) is 3.42. The largest absolute Gasteiger partial charge is 0.445 e. The van der Waals surface area contributed by atoms with E-state index >= 15 is 0 Å². The van der Waals surface area contributed by atoms with Crippen LogP contribution in [0.2, 0.25) is 0 Å². The molecular weight excluding hydrogens is 412 g/mol. The lowest BCUT2D eigenvalue weighted by Crippen LogP contribution is -2.66. The number of likely N-dealkylation sites (tertiary alicyclic amines) is 1. The molecule has 2 saturated heterocycles. The van der Waals surface area contributed by atoms with Crippen LogP contribution in [0, 0.1) is 5.92 Å². The number of unbranched alkanes of at least 4 members (excludes halogenated alkanes) is 2. The van der Waals surface area contributed by atoms with Gasteiger partial charge < -0.3 is 20.3 Å². The fraction of sp³-hybridized carbons (Fsp3) is 0.565. The molecule has 2 heterocycles. The Morgan fingerprint density at radius 1 is 1.19 bits per heavy atom. The van der Waals surface area contributed by atoms with Crippen LogP contribution in [0.15, 0.2) is 30.3 Å². The normalized spacial score (nSPS) is 22.0. The lowest BCUT2D eigenvalue weighted by Gasteiger charge is -2.38. The minimum absolute atomic E-state index is 0.00726. The van der Waals surface area contributed by atoms with Gasteiger partial charge in [-0.3, -0.25) is 14.9 Å². The molecule has 2 fully saturated rings. The predicted octanol–water partition coefficient (Wildman–Crippen LogP) is 2.31. The van der Waals surface area contributed by atoms with E-state index in [-0.39, 0.29) is 18.4 Å². The molecule has 3 rings (SSSR count). The number of carbonyl (C=O) groups excluding carboxylic acids is 4. The van der Waals surface area contributed by atoms with Gasteiger partial charge in [-0.05, 0) is 24.8 Å². The van der Waals surface area contributed by atoms with E-state index < -0.39 is 23.6 Å². The molecular formula is C23H32N4O5. The molecule has 9 nitrogen and oxygen atoms in total. The van der Waals surface area contributed by atoms with Crippen LogP contribution < -0.4 is 16.0 Å². The number of benzene rings is 1. The molecule has 2 unspecified atom stereocenters. The molecule has 32 heavy (non-hydrogen) atoms. The number of imide groups is 1. The summed E-state index contributed by atoms with van der Waals surface area (Å²) in [6.07, 6.45) is 3.63. The summed E-state index contributed by atoms with van der Waals surface area (Å²) in [5.41, 5.74) is 0.272. The molecule has 0 aromatic heterocycles. The van der Waals surface area contributed by atoms with Crippen LogP contribution in [0.3, 0.4) is 0 Å². The molecule has 9 heteroatoms. The third-order valence-electron chi connectivity index (χ3n) is 6.06. The minimum atomic E-state index is -0.659. The quantitative estimate of drug-likeness (QED) is 0.479. The standard InChI is InChI=1S/C23H32N4O5/c1-2-12-23-16-27(14-18(23)20(29)25-21(30)26-23)19(28)11-7-4-8-13-24-22(31)32-15-17-9-5-3-6-10-17/h3,5-6,9-10,18H,2,4,7-8,11-16H2,1H3,(H,24,31)(H2,25,26,29,30). The third-order valence-corrected chi connectivity index (χ3v) is 6.06. The van der Waals surface area contributed by atoms with E-state index in [4.69, 9.17) is 4.74 Å². The van der Waals surface area contributed by atoms with Gasteiger partial charge in [-0.2, -0.15) is 0 Å². The highest BCUT2D eigenvalue weighted by atomic mass is 16.5. The van der Waals surface area contributed by atoms with Gasteiger partial charge >= 0.3 is 12.1 Å². The van der Waals surface area contributed by atoms with Crippen molar-refractivity contribution in [3.63, 3.8) is 0 Å². The number of amides is 5. The van der Waals surface area contributed by atoms with Crippen LogP contribution in [0.5, 0.6) is 0 Å². The number of ether oxygens (including phenoxy) is 1. The van der Waals surface area contributed by atoms with Crippen molar-refractivity contribution in [3.05, 3.63) is 35.9 Å². The highest BCUT2D eigenvalue weighted by Gasteiger charge is 2.54. The summed E-state index contributed by atoms with van der Waals surface area (Å²) >= 11 is 0. The first-order valence-corrected chi connectivity index (χ1v) is 11.3. The van der Waals surface area contributed by atoms with Crippen molar-refractivity contribution in [2.75, 3.05) is 19.6 Å². The predicted molar refractivity (Wildman–Crippen MR) is 117 cm³/mol. The molecule has 1 aromatic rings. The zero-order chi connectivity index (χ0) is 23.0. The molecule has 2 aliphatic rings. The Hall–Kier alpha value is -3.10. The number of nitrogens with one attached hydrogen (secondary N) is 3. The molecule has 2 aliphatic heterocycles. The fourth-order valence-corrected chi connectivity index (χ4v) is 4.48. The molecule has 0 aliphatic carbocycles. The molecule has 5 amide bonds. The van der Waals surface area contributed by atoms with Crippen LogP contribution in [-0.4, -0.2) is 54.0 Å². The van der Waals surface area contributed by atoms with Crippen molar-refractivity contribution < 1.29 is 23.9 Å². The van der Waals surface area contributed by atoms with Crippen LogP contribution in [0.25, 0.3) is 0 Å². The molecule has 0 spiro atoms. The SMILES string of the molecule is CCCC12CN(C(=O)CCCCCNC(=O)OCc3ccccc3)CC1C(=O)NC(=O)N2. The topological polar surface area (TPSA) is 117 Å². The average Bonchev–Trinajstić information content (AvgIpc) is 3.15. The Labute approximate surface area is 188 Å². The maximum absolute atomic E-state index is 12.7. The zero-order valence-electron chi connectivity index (χ0n) is 18.5. The number of rotatable bonds is 10. The summed E-state index contributed by atoms with van der Waals surface area (Å²) in [5.74, 6) is -0.718. The third kappa shape index (κ3) is 5.99. The lowest BCUT2D eigenvalue weighted by molar-refractivity contribution is -0.130. The fourth-order valence-electron chi connectivity index (χ4n) is 4.48. The Morgan fingerprint density at radius 2 is 1.97 bits per heavy atom. The van der Waals surface area contributed by atoms with E-state index in [9.17, 15) is 19.2 Å². The molecule has 1 aromatic carbocycles. The second-order valence-corrected chi connectivity index (χ2v) is 8.48. The second kappa shape index (κ2) is 11.0. The molecule has 0 radical (unpaired) electrons. The van der Waals surface area contributed by atoms with E-state index in [1.165, 1.54) is 0 Å². The molecule has 174 valence electrons. The summed E-state index contributed by atoms with van der Waals surface area (Å²) in [7, 11) is 0. The first-order valence-electron chi connectivity index (χ1n) is 11.3. The van der Waals surface area contributed by atoms with Gasteiger partial charge in [0.05, 0.1) is 11.5 Å². The minimum Gasteiger partial charge on any atom is -0.445 e. The highest BCUT2D eigenvalue weighted by molar-refractivity contribution is 6.00. The van der Waals surface area contributed by atoms with E-state index in [1.54, 1.807) is 4.90 Å². The summed E-state index contributed by atoms with van der Waals surface area (Å²) in [4.78, 5) is 50.2. The number of carbonyl (C=O) groups is 4. The monoisotopic (exact) mass is 444 g/mol. The van der Waals surface area contributed by atoms with Crippen molar-refractivity contribution in [1.82, 2.24) is 20.9 Å². The van der Waals surface area contributed by atoms with E-state index in [0.717, 1.165) is 24.8 Å². The molecule has 3 N–H and O–H groups in total.